The molecule has 11 heteroatoms. The van der Waals surface area contributed by atoms with Crippen LogP contribution >= 0.6 is 23.4 Å². The van der Waals surface area contributed by atoms with E-state index in [1.54, 1.807) is 19.1 Å². The number of amides is 1. The van der Waals surface area contributed by atoms with Gasteiger partial charge in [0.05, 0.1) is 16.4 Å². The second-order valence-electron chi connectivity index (χ2n) is 8.30. The van der Waals surface area contributed by atoms with Crippen molar-refractivity contribution in [1.82, 2.24) is 20.2 Å². The lowest BCUT2D eigenvalue weighted by Crippen LogP contribution is -2.22. The predicted molar refractivity (Wildman–Crippen MR) is 137 cm³/mol. The molecule has 0 atom stereocenters. The van der Waals surface area contributed by atoms with Crippen molar-refractivity contribution in [3.63, 3.8) is 0 Å². The van der Waals surface area contributed by atoms with Crippen LogP contribution < -0.4 is 5.43 Å². The summed E-state index contributed by atoms with van der Waals surface area (Å²) in [6.45, 7) is 1.69. The summed E-state index contributed by atoms with van der Waals surface area (Å²) in [6.07, 6.45) is 5.62. The number of non-ortho nitro benzene ring substituents is 1. The minimum Gasteiger partial charge on any atom is -0.299 e. The van der Waals surface area contributed by atoms with E-state index in [1.807, 2.05) is 24.3 Å². The molecule has 1 fully saturated rings. The van der Waals surface area contributed by atoms with Crippen LogP contribution in [0.3, 0.4) is 0 Å². The van der Waals surface area contributed by atoms with Gasteiger partial charge in [-0.25, -0.2) is 5.43 Å². The first kappa shape index (κ1) is 24.9. The van der Waals surface area contributed by atoms with Gasteiger partial charge in [0.15, 0.2) is 11.0 Å². The topological polar surface area (TPSA) is 115 Å². The molecule has 9 nitrogen and oxygen atoms in total. The number of nitrogens with one attached hydrogen (secondary N) is 1. The number of nitro groups is 1. The number of hydrogen-bond acceptors (Lipinski definition) is 7. The largest absolute Gasteiger partial charge is 0.299 e. The first-order valence-corrected chi connectivity index (χ1v) is 12.7. The molecule has 1 heterocycles. The molecule has 0 radical (unpaired) electrons. The molecule has 1 aromatic heterocycles. The van der Waals surface area contributed by atoms with Gasteiger partial charge in [-0.1, -0.05) is 54.8 Å². The Morgan fingerprint density at radius 2 is 1.94 bits per heavy atom. The molecule has 1 N–H and O–H groups in total. The Hall–Kier alpha value is -3.24. The van der Waals surface area contributed by atoms with Crippen molar-refractivity contribution in [2.45, 2.75) is 50.2 Å². The van der Waals surface area contributed by atoms with E-state index in [2.05, 4.69) is 25.3 Å². The first-order chi connectivity index (χ1) is 16.9. The summed E-state index contributed by atoms with van der Waals surface area (Å²) >= 11 is 7.37. The second kappa shape index (κ2) is 11.5. The Bertz CT molecular complexity index is 1240. The molecule has 0 saturated heterocycles. The van der Waals surface area contributed by atoms with Crippen molar-refractivity contribution >= 4 is 40.7 Å². The summed E-state index contributed by atoms with van der Waals surface area (Å²) in [5.41, 5.74) is 4.47. The Morgan fingerprint density at radius 3 is 2.66 bits per heavy atom. The summed E-state index contributed by atoms with van der Waals surface area (Å²) in [5.74, 6) is 0.582. The lowest BCUT2D eigenvalue weighted by atomic mass is 9.95. The molecular formula is C24H25ClN6O3S. The number of nitrogens with zero attached hydrogens (tertiary/aromatic N) is 5. The quantitative estimate of drug-likeness (QED) is 0.180. The summed E-state index contributed by atoms with van der Waals surface area (Å²) in [7, 11) is 0. The molecule has 0 spiro atoms. The SMILES string of the molecule is C/C(=N\NC(=O)CSc1nnc(-c2ccc(Cl)cc2)n1C1CCCCC1)c1cccc([N+](=O)[O-])c1. The Kier molecular flexibility index (Phi) is 8.14. The zero-order valence-corrected chi connectivity index (χ0v) is 20.8. The van der Waals surface area contributed by atoms with Gasteiger partial charge in [0.2, 0.25) is 0 Å². The zero-order valence-electron chi connectivity index (χ0n) is 19.2. The van der Waals surface area contributed by atoms with Crippen LogP contribution in [0.15, 0.2) is 58.8 Å². The highest BCUT2D eigenvalue weighted by Gasteiger charge is 2.24. The molecular weight excluding hydrogens is 488 g/mol. The molecule has 1 saturated carbocycles. The van der Waals surface area contributed by atoms with Gasteiger partial charge in [-0.2, -0.15) is 5.10 Å². The molecule has 1 amide bonds. The third-order valence-corrected chi connectivity index (χ3v) is 7.06. The number of thioether (sulfide) groups is 1. The van der Waals surface area contributed by atoms with Gasteiger partial charge < -0.3 is 0 Å². The van der Waals surface area contributed by atoms with Crippen LogP contribution in [-0.2, 0) is 4.79 Å². The number of carbonyl (C=O) groups is 1. The molecule has 2 aromatic carbocycles. The molecule has 1 aliphatic carbocycles. The van der Waals surface area contributed by atoms with Crippen molar-refractivity contribution in [2.75, 3.05) is 5.75 Å². The highest BCUT2D eigenvalue weighted by Crippen LogP contribution is 2.35. The van der Waals surface area contributed by atoms with Crippen LogP contribution in [0, 0.1) is 10.1 Å². The van der Waals surface area contributed by atoms with Gasteiger partial charge in [0.25, 0.3) is 11.6 Å². The average molecular weight is 513 g/mol. The van der Waals surface area contributed by atoms with Crippen LogP contribution in [0.1, 0.15) is 50.6 Å². The molecule has 0 bridgehead atoms. The fourth-order valence-corrected chi connectivity index (χ4v) is 4.98. The van der Waals surface area contributed by atoms with Gasteiger partial charge in [-0.3, -0.25) is 19.5 Å². The van der Waals surface area contributed by atoms with E-state index >= 15 is 0 Å². The van der Waals surface area contributed by atoms with E-state index < -0.39 is 4.92 Å². The lowest BCUT2D eigenvalue weighted by molar-refractivity contribution is -0.384. The summed E-state index contributed by atoms with van der Waals surface area (Å²) in [4.78, 5) is 23.0. The van der Waals surface area contributed by atoms with Crippen LogP contribution in [0.5, 0.6) is 0 Å². The standard InChI is InChI=1S/C24H25ClN6O3S/c1-16(18-6-5-9-21(14-18)31(33)34)26-27-22(32)15-35-24-29-28-23(17-10-12-19(25)13-11-17)30(24)20-7-3-2-4-8-20/h5-6,9-14,20H,2-4,7-8,15H2,1H3,(H,27,32)/b26-16+. The highest BCUT2D eigenvalue weighted by atomic mass is 35.5. The maximum atomic E-state index is 12.5. The van der Waals surface area contributed by atoms with E-state index in [-0.39, 0.29) is 23.4 Å². The van der Waals surface area contributed by atoms with E-state index in [4.69, 9.17) is 11.6 Å². The minimum absolute atomic E-state index is 0.0301. The van der Waals surface area contributed by atoms with Crippen LogP contribution in [0.25, 0.3) is 11.4 Å². The number of nitro benzene ring substituents is 1. The Balaban J connectivity index is 1.46. The molecule has 0 aliphatic heterocycles. The van der Waals surface area contributed by atoms with E-state index in [0.29, 0.717) is 21.5 Å². The van der Waals surface area contributed by atoms with Gasteiger partial charge in [-0.05, 0) is 44.0 Å². The van der Waals surface area contributed by atoms with E-state index in [0.717, 1.165) is 37.1 Å². The maximum absolute atomic E-state index is 12.5. The third kappa shape index (κ3) is 6.26. The fourth-order valence-electron chi connectivity index (χ4n) is 4.06. The Labute approximate surface area is 212 Å². The van der Waals surface area contributed by atoms with Gasteiger partial charge in [0, 0.05) is 34.3 Å². The second-order valence-corrected chi connectivity index (χ2v) is 9.68. The number of hydrogen-bond donors (Lipinski definition) is 1. The summed E-state index contributed by atoms with van der Waals surface area (Å²) in [5, 5.41) is 25.3. The average Bonchev–Trinajstić information content (AvgIpc) is 3.31. The summed E-state index contributed by atoms with van der Waals surface area (Å²) in [6, 6.07) is 13.9. The molecule has 4 rings (SSSR count). The lowest BCUT2D eigenvalue weighted by Gasteiger charge is -2.25. The van der Waals surface area contributed by atoms with Crippen molar-refractivity contribution < 1.29 is 9.72 Å². The van der Waals surface area contributed by atoms with Crippen molar-refractivity contribution in [2.24, 2.45) is 5.10 Å². The van der Waals surface area contributed by atoms with Gasteiger partial charge in [0.1, 0.15) is 0 Å². The number of carbonyl (C=O) groups excluding carboxylic acids is 1. The number of hydrazone groups is 1. The minimum atomic E-state index is -0.466. The molecule has 0 unspecified atom stereocenters. The third-order valence-electron chi connectivity index (χ3n) is 5.86. The molecule has 1 aliphatic rings. The van der Waals surface area contributed by atoms with Crippen LogP contribution in [0.2, 0.25) is 5.02 Å². The van der Waals surface area contributed by atoms with Crippen LogP contribution in [-0.4, -0.2) is 37.1 Å². The number of aromatic nitrogens is 3. The van der Waals surface area contributed by atoms with Crippen LogP contribution in [0.4, 0.5) is 5.69 Å². The van der Waals surface area contributed by atoms with Gasteiger partial charge >= 0.3 is 0 Å². The predicted octanol–water partition coefficient (Wildman–Crippen LogP) is 5.64. The monoisotopic (exact) mass is 512 g/mol. The normalized spacial score (nSPS) is 14.6. The number of halogens is 1. The van der Waals surface area contributed by atoms with E-state index in [1.165, 1.54) is 30.3 Å². The molecule has 182 valence electrons. The first-order valence-electron chi connectivity index (χ1n) is 11.3. The van der Waals surface area contributed by atoms with Crippen molar-refractivity contribution in [3.8, 4) is 11.4 Å². The molecule has 3 aromatic rings. The molecule has 35 heavy (non-hydrogen) atoms. The number of rotatable bonds is 8. The highest BCUT2D eigenvalue weighted by molar-refractivity contribution is 7.99. The zero-order chi connectivity index (χ0) is 24.8. The summed E-state index contributed by atoms with van der Waals surface area (Å²) < 4.78 is 2.15. The maximum Gasteiger partial charge on any atom is 0.270 e. The van der Waals surface area contributed by atoms with Crippen molar-refractivity contribution in [3.05, 3.63) is 69.2 Å². The smallest absolute Gasteiger partial charge is 0.270 e. The number of benzene rings is 2. The van der Waals surface area contributed by atoms with Gasteiger partial charge in [-0.15, -0.1) is 10.2 Å². The van der Waals surface area contributed by atoms with E-state index in [9.17, 15) is 14.9 Å². The Morgan fingerprint density at radius 1 is 1.20 bits per heavy atom. The van der Waals surface area contributed by atoms with Crippen molar-refractivity contribution in [1.29, 1.82) is 0 Å². The fraction of sp³-hybridized carbons (Fsp3) is 0.333.